The van der Waals surface area contributed by atoms with Gasteiger partial charge in [0.15, 0.2) is 0 Å². The van der Waals surface area contributed by atoms with Crippen LogP contribution < -0.4 is 0 Å². The molecule has 0 spiro atoms. The van der Waals surface area contributed by atoms with E-state index < -0.39 is 0 Å². The van der Waals surface area contributed by atoms with Crippen LogP contribution in [0.15, 0.2) is 30.3 Å². The molecule has 20 heavy (non-hydrogen) atoms. The molecule has 2 aliphatic rings. The number of halogens is 1. The normalized spacial score (nSPS) is 25.1. The summed E-state index contributed by atoms with van der Waals surface area (Å²) >= 11 is 5.76. The molecule has 0 aromatic heterocycles. The number of amides is 2. The summed E-state index contributed by atoms with van der Waals surface area (Å²) in [5.41, 5.74) is 1.03. The number of urea groups is 1. The number of rotatable bonds is 4. The Balaban J connectivity index is 1.67. The lowest BCUT2D eigenvalue weighted by molar-refractivity contribution is -0.140. The molecule has 0 saturated carbocycles. The summed E-state index contributed by atoms with van der Waals surface area (Å²) in [6.07, 6.45) is 1.54. The maximum absolute atomic E-state index is 12.3. The van der Waals surface area contributed by atoms with Crippen molar-refractivity contribution in [3.63, 3.8) is 0 Å². The van der Waals surface area contributed by atoms with Crippen LogP contribution in [0.4, 0.5) is 4.79 Å². The van der Waals surface area contributed by atoms with E-state index in [0.717, 1.165) is 18.4 Å². The Labute approximate surface area is 122 Å². The molecule has 2 atom stereocenters. The highest BCUT2D eigenvalue weighted by molar-refractivity contribution is 6.65. The molecule has 1 aromatic rings. The highest BCUT2D eigenvalue weighted by atomic mass is 35.5. The molecule has 0 unspecified atom stereocenters. The van der Waals surface area contributed by atoms with Crippen LogP contribution in [0.25, 0.3) is 0 Å². The molecule has 1 N–H and O–H groups in total. The molecular formula is C14H16ClN3O2. The van der Waals surface area contributed by atoms with Crippen molar-refractivity contribution < 1.29 is 9.63 Å². The van der Waals surface area contributed by atoms with Gasteiger partial charge in [-0.15, -0.1) is 0 Å². The molecule has 2 fully saturated rings. The average molecular weight is 294 g/mol. The number of benzene rings is 1. The van der Waals surface area contributed by atoms with Gasteiger partial charge in [-0.3, -0.25) is 10.2 Å². The predicted octanol–water partition coefficient (Wildman–Crippen LogP) is 2.60. The van der Waals surface area contributed by atoms with Gasteiger partial charge >= 0.3 is 6.03 Å². The van der Waals surface area contributed by atoms with E-state index >= 15 is 0 Å². The fourth-order valence-electron chi connectivity index (χ4n) is 2.78. The van der Waals surface area contributed by atoms with Crippen LogP contribution in [-0.2, 0) is 11.4 Å². The van der Waals surface area contributed by atoms with Crippen molar-refractivity contribution in [2.45, 2.75) is 31.5 Å². The first kappa shape index (κ1) is 13.4. The maximum atomic E-state index is 12.3. The van der Waals surface area contributed by atoms with E-state index in [1.807, 2.05) is 30.3 Å². The first-order chi connectivity index (χ1) is 9.66. The fraction of sp³-hybridized carbons (Fsp3) is 0.429. The lowest BCUT2D eigenvalue weighted by atomic mass is 10.0. The van der Waals surface area contributed by atoms with Crippen LogP contribution in [0.1, 0.15) is 18.4 Å². The van der Waals surface area contributed by atoms with Gasteiger partial charge in [-0.25, -0.2) is 4.79 Å². The lowest BCUT2D eigenvalue weighted by Gasteiger charge is -2.28. The van der Waals surface area contributed by atoms with Gasteiger partial charge in [0.2, 0.25) is 0 Å². The van der Waals surface area contributed by atoms with Gasteiger partial charge in [-0.05, 0) is 18.4 Å². The average Bonchev–Trinajstić information content (AvgIpc) is 2.70. The topological polar surface area (TPSA) is 56.6 Å². The van der Waals surface area contributed by atoms with E-state index in [0.29, 0.717) is 13.2 Å². The van der Waals surface area contributed by atoms with Crippen LogP contribution in [0.3, 0.4) is 0 Å². The number of hydrogen-bond donors (Lipinski definition) is 1. The van der Waals surface area contributed by atoms with Crippen LogP contribution in [0.5, 0.6) is 0 Å². The predicted molar refractivity (Wildman–Crippen MR) is 75.6 cm³/mol. The summed E-state index contributed by atoms with van der Waals surface area (Å²) in [6, 6.07) is 9.35. The van der Waals surface area contributed by atoms with E-state index in [2.05, 4.69) is 0 Å². The van der Waals surface area contributed by atoms with E-state index in [1.54, 1.807) is 4.90 Å². The van der Waals surface area contributed by atoms with Gasteiger partial charge < -0.3 is 4.90 Å². The molecule has 2 amide bonds. The summed E-state index contributed by atoms with van der Waals surface area (Å²) in [5, 5.41) is 9.03. The number of hydroxylamine groups is 2. The Morgan fingerprint density at radius 2 is 2.10 bits per heavy atom. The molecule has 3 rings (SSSR count). The van der Waals surface area contributed by atoms with Crippen molar-refractivity contribution in [3.05, 3.63) is 35.9 Å². The highest BCUT2D eigenvalue weighted by Gasteiger charge is 2.46. The van der Waals surface area contributed by atoms with Crippen molar-refractivity contribution in [2.24, 2.45) is 0 Å². The third-order valence-corrected chi connectivity index (χ3v) is 4.08. The SMILES string of the molecule is N=C(Cl)[C@@H]1CC[C@H]2CN1C(=O)N2OCc1ccccc1. The first-order valence-corrected chi connectivity index (χ1v) is 7.05. The van der Waals surface area contributed by atoms with E-state index in [9.17, 15) is 4.79 Å². The number of nitrogens with one attached hydrogen (secondary N) is 1. The minimum atomic E-state index is -0.286. The van der Waals surface area contributed by atoms with Gasteiger partial charge in [0.25, 0.3) is 0 Å². The van der Waals surface area contributed by atoms with E-state index in [-0.39, 0.29) is 23.3 Å². The molecule has 2 bridgehead atoms. The first-order valence-electron chi connectivity index (χ1n) is 6.67. The summed E-state index contributed by atoms with van der Waals surface area (Å²) in [5.74, 6) is 0. The Morgan fingerprint density at radius 3 is 2.80 bits per heavy atom. The third-order valence-electron chi connectivity index (χ3n) is 3.83. The maximum Gasteiger partial charge on any atom is 0.344 e. The molecule has 6 heteroatoms. The van der Waals surface area contributed by atoms with E-state index in [4.69, 9.17) is 21.8 Å². The summed E-state index contributed by atoms with van der Waals surface area (Å²) in [4.78, 5) is 19.6. The Kier molecular flexibility index (Phi) is 3.63. The number of carbonyl (C=O) groups excluding carboxylic acids is 1. The minimum absolute atomic E-state index is 0.0294. The van der Waals surface area contributed by atoms with Crippen LogP contribution >= 0.6 is 11.6 Å². The van der Waals surface area contributed by atoms with Gasteiger partial charge in [-0.2, -0.15) is 5.06 Å². The monoisotopic (exact) mass is 293 g/mol. The van der Waals surface area contributed by atoms with E-state index in [1.165, 1.54) is 5.06 Å². The van der Waals surface area contributed by atoms with Gasteiger partial charge in [0.05, 0.1) is 12.1 Å². The summed E-state index contributed by atoms with van der Waals surface area (Å²) < 4.78 is 0. The number of nitrogens with zero attached hydrogens (tertiary/aromatic N) is 2. The summed E-state index contributed by atoms with van der Waals surface area (Å²) in [6.45, 7) is 0.966. The second kappa shape index (κ2) is 5.42. The lowest BCUT2D eigenvalue weighted by Crippen LogP contribution is -2.43. The third kappa shape index (κ3) is 2.39. The Hall–Kier alpha value is -1.59. The molecule has 2 aliphatic heterocycles. The quantitative estimate of drug-likeness (QED) is 0.868. The number of carbonyl (C=O) groups is 1. The molecule has 2 heterocycles. The smallest absolute Gasteiger partial charge is 0.311 e. The molecule has 0 radical (unpaired) electrons. The van der Waals surface area contributed by atoms with Gasteiger partial charge in [0, 0.05) is 6.54 Å². The number of fused-ring (bicyclic) bond motifs is 2. The van der Waals surface area contributed by atoms with Crippen LogP contribution in [0.2, 0.25) is 0 Å². The van der Waals surface area contributed by atoms with Gasteiger partial charge in [0.1, 0.15) is 11.8 Å². The van der Waals surface area contributed by atoms with Crippen molar-refractivity contribution >= 4 is 22.8 Å². The summed E-state index contributed by atoms with van der Waals surface area (Å²) in [7, 11) is 0. The zero-order valence-corrected chi connectivity index (χ0v) is 11.7. The molecule has 106 valence electrons. The number of hydrogen-bond acceptors (Lipinski definition) is 3. The molecule has 1 aromatic carbocycles. The number of piperidine rings is 1. The molecule has 5 nitrogen and oxygen atoms in total. The van der Waals surface area contributed by atoms with Crippen LogP contribution in [-0.4, -0.2) is 39.8 Å². The van der Waals surface area contributed by atoms with Crippen molar-refractivity contribution in [1.29, 1.82) is 5.41 Å². The standard InChI is InChI=1S/C14H16ClN3O2/c15-13(16)12-7-6-11-8-17(12)14(19)18(11)20-9-10-4-2-1-3-5-10/h1-5,11-12,16H,6-9H2/t11-,12-/m0/s1. The minimum Gasteiger partial charge on any atom is -0.311 e. The molecule has 0 aliphatic carbocycles. The Bertz CT molecular complexity index is 522. The van der Waals surface area contributed by atoms with Crippen molar-refractivity contribution in [1.82, 2.24) is 9.96 Å². The second-order valence-corrected chi connectivity index (χ2v) is 5.52. The molecular weight excluding hydrogens is 278 g/mol. The zero-order valence-electron chi connectivity index (χ0n) is 11.0. The van der Waals surface area contributed by atoms with Crippen molar-refractivity contribution in [3.8, 4) is 0 Å². The largest absolute Gasteiger partial charge is 0.344 e. The fourth-order valence-corrected chi connectivity index (χ4v) is 3.01. The molecule has 2 saturated heterocycles. The zero-order chi connectivity index (χ0) is 14.1. The Morgan fingerprint density at radius 1 is 1.35 bits per heavy atom. The van der Waals surface area contributed by atoms with Crippen molar-refractivity contribution in [2.75, 3.05) is 6.54 Å². The highest BCUT2D eigenvalue weighted by Crippen LogP contribution is 2.31. The second-order valence-electron chi connectivity index (χ2n) is 5.11. The van der Waals surface area contributed by atoms with Gasteiger partial charge in [-0.1, -0.05) is 41.9 Å². The van der Waals surface area contributed by atoms with Crippen LogP contribution in [0, 0.1) is 5.41 Å².